The molecule has 0 rings (SSSR count). The molecule has 8 heavy (non-hydrogen) atoms. The number of hydrogen-bond donors (Lipinski definition) is 3. The first-order valence-corrected chi connectivity index (χ1v) is 1.73. The number of hydroxylamine groups is 3. The predicted molar refractivity (Wildman–Crippen MR) is 22.6 cm³/mol. The number of quaternary nitrogens is 1. The minimum atomic E-state index is -2.02. The molecule has 50 valence electrons. The Balaban J connectivity index is 0. The predicted octanol–water partition coefficient (Wildman–Crippen LogP) is -0.0200. The average Bonchev–Trinajstić information content (AvgIpc) is 1.30. The van der Waals surface area contributed by atoms with Crippen LogP contribution in [0.5, 0.6) is 0 Å². The van der Waals surface area contributed by atoms with E-state index in [1.54, 1.807) is 0 Å². The monoisotopic (exact) mass is 123 g/mol. The summed E-state index contributed by atoms with van der Waals surface area (Å²) < 4.78 is 0. The van der Waals surface area contributed by atoms with Gasteiger partial charge in [-0.2, -0.15) is 0 Å². The Morgan fingerprint density at radius 3 is 1.75 bits per heavy atom. The van der Waals surface area contributed by atoms with Crippen molar-refractivity contribution in [3.63, 3.8) is 0 Å². The van der Waals surface area contributed by atoms with Crippen molar-refractivity contribution in [2.75, 3.05) is 6.54 Å². The van der Waals surface area contributed by atoms with Crippen LogP contribution in [0.15, 0.2) is 12.7 Å². The zero-order valence-corrected chi connectivity index (χ0v) is 4.23. The van der Waals surface area contributed by atoms with E-state index < -0.39 is 4.97 Å². The molecule has 0 aliphatic carbocycles. The van der Waals surface area contributed by atoms with Gasteiger partial charge in [-0.15, -0.1) is 15.6 Å². The molecule has 0 bridgehead atoms. The SMILES string of the molecule is C=CC[N+](O)(O)O.[OH-]. The normalized spacial score (nSPS) is 9.88. The van der Waals surface area contributed by atoms with E-state index in [4.69, 9.17) is 15.6 Å². The molecule has 0 heterocycles. The van der Waals surface area contributed by atoms with Crippen LogP contribution in [0.3, 0.4) is 0 Å². The molecular formula is C3H9NO4. The highest BCUT2D eigenvalue weighted by molar-refractivity contribution is 4.61. The summed E-state index contributed by atoms with van der Waals surface area (Å²) in [7, 11) is 0. The van der Waals surface area contributed by atoms with Crippen LogP contribution in [0.4, 0.5) is 0 Å². The van der Waals surface area contributed by atoms with Crippen LogP contribution in [-0.4, -0.2) is 32.6 Å². The lowest BCUT2D eigenvalue weighted by molar-refractivity contribution is -1.36. The highest BCUT2D eigenvalue weighted by Gasteiger charge is 2.13. The smallest absolute Gasteiger partial charge is 0.195 e. The Kier molecular flexibility index (Phi) is 4.64. The molecule has 0 unspecified atom stereocenters. The van der Waals surface area contributed by atoms with Crippen molar-refractivity contribution in [1.82, 2.24) is 0 Å². The third kappa shape index (κ3) is 9.11. The molecule has 0 amide bonds. The Morgan fingerprint density at radius 2 is 1.75 bits per heavy atom. The summed E-state index contributed by atoms with van der Waals surface area (Å²) in [6, 6.07) is 0. The largest absolute Gasteiger partial charge is 0.870 e. The lowest BCUT2D eigenvalue weighted by Crippen LogP contribution is -2.36. The van der Waals surface area contributed by atoms with Gasteiger partial charge in [0.15, 0.2) is 6.54 Å². The van der Waals surface area contributed by atoms with Gasteiger partial charge in [-0.05, 0) is 6.08 Å². The number of hydrogen-bond acceptors (Lipinski definition) is 4. The molecule has 0 fully saturated rings. The first-order valence-electron chi connectivity index (χ1n) is 1.73. The van der Waals surface area contributed by atoms with E-state index in [1.165, 1.54) is 6.08 Å². The van der Waals surface area contributed by atoms with Crippen molar-refractivity contribution >= 4 is 0 Å². The summed E-state index contributed by atoms with van der Waals surface area (Å²) in [6.45, 7) is 2.86. The maximum atomic E-state index is 8.00. The second-order valence-corrected chi connectivity index (χ2v) is 1.16. The van der Waals surface area contributed by atoms with Crippen LogP contribution in [0.25, 0.3) is 0 Å². The average molecular weight is 123 g/mol. The fourth-order valence-electron chi connectivity index (χ4n) is 0.173. The van der Waals surface area contributed by atoms with Crippen LogP contribution >= 0.6 is 0 Å². The Hall–Kier alpha value is -0.460. The number of rotatable bonds is 2. The third-order valence-corrected chi connectivity index (χ3v) is 0.374. The van der Waals surface area contributed by atoms with E-state index in [0.717, 1.165) is 0 Å². The van der Waals surface area contributed by atoms with Crippen LogP contribution in [0.1, 0.15) is 0 Å². The second-order valence-electron chi connectivity index (χ2n) is 1.16. The third-order valence-electron chi connectivity index (χ3n) is 0.374. The standard InChI is InChI=1S/C3H8NO3.H2O/c1-2-3-4(5,6)7;/h2,5-7H,1,3H2;1H2/q+1;/p-1. The Morgan fingerprint density at radius 1 is 1.38 bits per heavy atom. The molecule has 0 atom stereocenters. The van der Waals surface area contributed by atoms with Gasteiger partial charge in [0, 0.05) is 0 Å². The molecule has 0 radical (unpaired) electrons. The molecule has 5 nitrogen and oxygen atoms in total. The maximum absolute atomic E-state index is 8.00. The van der Waals surface area contributed by atoms with Crippen molar-refractivity contribution in [3.05, 3.63) is 12.7 Å². The molecular weight excluding hydrogens is 114 g/mol. The van der Waals surface area contributed by atoms with Crippen LogP contribution < -0.4 is 0 Å². The van der Waals surface area contributed by atoms with Gasteiger partial charge in [0.25, 0.3) is 0 Å². The Labute approximate surface area is 46.5 Å². The van der Waals surface area contributed by atoms with Crippen molar-refractivity contribution in [2.24, 2.45) is 0 Å². The Bertz CT molecular complexity index is 66.2. The maximum Gasteiger partial charge on any atom is 0.195 e. The van der Waals surface area contributed by atoms with Gasteiger partial charge in [0.2, 0.25) is 0 Å². The van der Waals surface area contributed by atoms with E-state index in [0.29, 0.717) is 0 Å². The molecule has 0 saturated heterocycles. The van der Waals surface area contributed by atoms with E-state index in [-0.39, 0.29) is 12.0 Å². The van der Waals surface area contributed by atoms with Gasteiger partial charge in [0.1, 0.15) is 0 Å². The number of nitrogens with zero attached hydrogens (tertiary/aromatic N) is 1. The topological polar surface area (TPSA) is 90.7 Å². The molecule has 4 N–H and O–H groups in total. The van der Waals surface area contributed by atoms with E-state index in [9.17, 15) is 0 Å². The zero-order chi connectivity index (χ0) is 5.91. The molecule has 5 heteroatoms. The fourth-order valence-corrected chi connectivity index (χ4v) is 0.173. The van der Waals surface area contributed by atoms with Gasteiger partial charge in [-0.1, -0.05) is 6.58 Å². The molecule has 0 spiro atoms. The highest BCUT2D eigenvalue weighted by Crippen LogP contribution is 1.84. The molecule has 0 aliphatic heterocycles. The molecule has 0 aromatic carbocycles. The van der Waals surface area contributed by atoms with Crippen LogP contribution in [0.2, 0.25) is 0 Å². The summed E-state index contributed by atoms with van der Waals surface area (Å²) >= 11 is 0. The lowest BCUT2D eigenvalue weighted by Gasteiger charge is -2.06. The van der Waals surface area contributed by atoms with Crippen molar-refractivity contribution in [1.29, 1.82) is 0 Å². The van der Waals surface area contributed by atoms with Crippen LogP contribution in [-0.2, 0) is 0 Å². The zero-order valence-electron chi connectivity index (χ0n) is 4.23. The van der Waals surface area contributed by atoms with E-state index in [2.05, 4.69) is 6.58 Å². The first kappa shape index (κ1) is 10.5. The highest BCUT2D eigenvalue weighted by atomic mass is 17.1. The van der Waals surface area contributed by atoms with E-state index >= 15 is 0 Å². The van der Waals surface area contributed by atoms with Crippen LogP contribution in [0, 0.1) is 0 Å². The first-order chi connectivity index (χ1) is 3.06. The molecule has 0 aliphatic rings. The molecule has 0 aromatic rings. The molecule has 0 saturated carbocycles. The van der Waals surface area contributed by atoms with Crippen molar-refractivity contribution in [3.8, 4) is 0 Å². The van der Waals surface area contributed by atoms with Crippen molar-refractivity contribution < 1.29 is 26.1 Å². The van der Waals surface area contributed by atoms with Gasteiger partial charge >= 0.3 is 0 Å². The van der Waals surface area contributed by atoms with Gasteiger partial charge in [-0.25, -0.2) is 0 Å². The summed E-state index contributed by atoms with van der Waals surface area (Å²) in [5.74, 6) is 0. The lowest BCUT2D eigenvalue weighted by atomic mass is 10.6. The second kappa shape index (κ2) is 3.53. The minimum Gasteiger partial charge on any atom is -0.870 e. The summed E-state index contributed by atoms with van der Waals surface area (Å²) in [6.07, 6.45) is 1.18. The molecule has 0 aromatic heterocycles. The van der Waals surface area contributed by atoms with Crippen molar-refractivity contribution in [2.45, 2.75) is 0 Å². The summed E-state index contributed by atoms with van der Waals surface area (Å²) in [4.78, 5) is -2.02. The van der Waals surface area contributed by atoms with Gasteiger partial charge in [-0.3, -0.25) is 0 Å². The summed E-state index contributed by atoms with van der Waals surface area (Å²) in [5, 5.41) is 24.0. The fraction of sp³-hybridized carbons (Fsp3) is 0.333. The van der Waals surface area contributed by atoms with E-state index in [1.807, 2.05) is 0 Å². The van der Waals surface area contributed by atoms with Gasteiger partial charge < -0.3 is 5.48 Å². The summed E-state index contributed by atoms with van der Waals surface area (Å²) in [5.41, 5.74) is 0. The van der Waals surface area contributed by atoms with Gasteiger partial charge in [0.05, 0.1) is 4.97 Å². The minimum absolute atomic E-state index is 0. The quantitative estimate of drug-likeness (QED) is 0.273.